The van der Waals surface area contributed by atoms with E-state index in [0.29, 0.717) is 5.92 Å². The van der Waals surface area contributed by atoms with Crippen LogP contribution in [-0.2, 0) is 6.42 Å². The van der Waals surface area contributed by atoms with E-state index in [1.807, 2.05) is 12.1 Å². The van der Waals surface area contributed by atoms with Crippen LogP contribution in [0.5, 0.6) is 5.75 Å². The number of rotatable bonds is 8. The maximum atomic E-state index is 5.73. The number of aromatic nitrogens is 1. The van der Waals surface area contributed by atoms with Gasteiger partial charge in [0.05, 0.1) is 7.11 Å². The lowest BCUT2D eigenvalue weighted by atomic mass is 9.94. The van der Waals surface area contributed by atoms with E-state index < -0.39 is 0 Å². The van der Waals surface area contributed by atoms with Crippen molar-refractivity contribution in [2.75, 3.05) is 13.7 Å². The molecule has 0 aliphatic rings. The summed E-state index contributed by atoms with van der Waals surface area (Å²) in [4.78, 5) is 3.66. The third-order valence-corrected chi connectivity index (χ3v) is 5.35. The van der Waals surface area contributed by atoms with Gasteiger partial charge in [-0.3, -0.25) is 0 Å². The van der Waals surface area contributed by atoms with Crippen LogP contribution in [0.2, 0.25) is 0 Å². The van der Waals surface area contributed by atoms with Crippen LogP contribution < -0.4 is 10.5 Å². The van der Waals surface area contributed by atoms with E-state index in [9.17, 15) is 0 Å². The van der Waals surface area contributed by atoms with Crippen LogP contribution in [0, 0.1) is 0 Å². The second-order valence-electron chi connectivity index (χ2n) is 7.07. The number of ether oxygens (including phenoxy) is 1. The number of methoxy groups -OCH3 is 1. The molecule has 0 bridgehead atoms. The highest BCUT2D eigenvalue weighted by Gasteiger charge is 2.15. The SMILES string of the molecule is CCC(C)c1ccc2[nH]c(-c3cccc(OC)c3)c(CCCCN)c2c1. The molecule has 3 rings (SSSR count). The van der Waals surface area contributed by atoms with Gasteiger partial charge in [-0.2, -0.15) is 0 Å². The van der Waals surface area contributed by atoms with Crippen LogP contribution >= 0.6 is 0 Å². The minimum atomic E-state index is 0.575. The molecule has 0 fully saturated rings. The first kappa shape index (κ1) is 18.5. The van der Waals surface area contributed by atoms with Gasteiger partial charge in [0.15, 0.2) is 0 Å². The van der Waals surface area contributed by atoms with E-state index in [-0.39, 0.29) is 0 Å². The van der Waals surface area contributed by atoms with Crippen molar-refractivity contribution in [3.05, 3.63) is 53.6 Å². The van der Waals surface area contributed by atoms with E-state index in [1.165, 1.54) is 33.3 Å². The Morgan fingerprint density at radius 2 is 1.96 bits per heavy atom. The summed E-state index contributed by atoms with van der Waals surface area (Å²) < 4.78 is 5.42. The van der Waals surface area contributed by atoms with E-state index in [4.69, 9.17) is 10.5 Å². The molecule has 0 aliphatic heterocycles. The van der Waals surface area contributed by atoms with Crippen molar-refractivity contribution >= 4 is 10.9 Å². The van der Waals surface area contributed by atoms with E-state index in [1.54, 1.807) is 7.11 Å². The lowest BCUT2D eigenvalue weighted by Crippen LogP contribution is -1.99. The topological polar surface area (TPSA) is 51.0 Å². The number of aromatic amines is 1. The van der Waals surface area contributed by atoms with Crippen LogP contribution in [0.1, 0.15) is 50.2 Å². The largest absolute Gasteiger partial charge is 0.497 e. The molecule has 0 radical (unpaired) electrons. The van der Waals surface area contributed by atoms with Gasteiger partial charge in [-0.25, -0.2) is 0 Å². The van der Waals surface area contributed by atoms with Crippen molar-refractivity contribution in [2.45, 2.75) is 45.4 Å². The average Bonchev–Trinajstić information content (AvgIpc) is 3.05. The standard InChI is InChI=1S/C23H30N2O/c1-4-16(2)17-11-12-22-21(15-17)20(10-5-6-13-24)23(25-22)18-8-7-9-19(14-18)26-3/h7-9,11-12,14-16,25H,4-6,10,13,24H2,1-3H3. The molecule has 0 aliphatic carbocycles. The number of H-pyrrole nitrogens is 1. The summed E-state index contributed by atoms with van der Waals surface area (Å²) in [5.41, 5.74) is 12.1. The van der Waals surface area contributed by atoms with E-state index in [2.05, 4.69) is 49.2 Å². The van der Waals surface area contributed by atoms with Gasteiger partial charge in [0.1, 0.15) is 5.75 Å². The Morgan fingerprint density at radius 1 is 1.12 bits per heavy atom. The second kappa shape index (κ2) is 8.41. The van der Waals surface area contributed by atoms with Crippen molar-refractivity contribution < 1.29 is 4.74 Å². The molecular weight excluding hydrogens is 320 g/mol. The Balaban J connectivity index is 2.12. The first-order valence-electron chi connectivity index (χ1n) is 9.66. The average molecular weight is 351 g/mol. The molecule has 0 amide bonds. The van der Waals surface area contributed by atoms with Crippen LogP contribution in [0.15, 0.2) is 42.5 Å². The Hall–Kier alpha value is -2.26. The molecule has 1 unspecified atom stereocenters. The van der Waals surface area contributed by atoms with Crippen LogP contribution in [0.25, 0.3) is 22.2 Å². The summed E-state index contributed by atoms with van der Waals surface area (Å²) in [5.74, 6) is 1.46. The van der Waals surface area contributed by atoms with Crippen molar-refractivity contribution in [1.29, 1.82) is 0 Å². The van der Waals surface area contributed by atoms with Crippen molar-refractivity contribution in [3.8, 4) is 17.0 Å². The van der Waals surface area contributed by atoms with Gasteiger partial charge >= 0.3 is 0 Å². The summed E-state index contributed by atoms with van der Waals surface area (Å²) in [6.07, 6.45) is 4.35. The zero-order valence-electron chi connectivity index (χ0n) is 16.1. The maximum Gasteiger partial charge on any atom is 0.119 e. The quantitative estimate of drug-likeness (QED) is 0.517. The Labute approximate surface area is 156 Å². The predicted molar refractivity (Wildman–Crippen MR) is 111 cm³/mol. The molecule has 1 aromatic heterocycles. The number of nitrogens with one attached hydrogen (secondary N) is 1. The van der Waals surface area contributed by atoms with Gasteiger partial charge in [-0.05, 0) is 73.5 Å². The second-order valence-corrected chi connectivity index (χ2v) is 7.07. The molecule has 2 aromatic carbocycles. The third kappa shape index (κ3) is 3.78. The molecule has 1 heterocycles. The molecule has 3 nitrogen and oxygen atoms in total. The Morgan fingerprint density at radius 3 is 2.69 bits per heavy atom. The lowest BCUT2D eigenvalue weighted by molar-refractivity contribution is 0.415. The molecule has 0 saturated carbocycles. The fourth-order valence-electron chi connectivity index (χ4n) is 3.54. The number of hydrogen-bond donors (Lipinski definition) is 2. The highest BCUT2D eigenvalue weighted by atomic mass is 16.5. The maximum absolute atomic E-state index is 5.73. The number of hydrogen-bond acceptors (Lipinski definition) is 2. The van der Waals surface area contributed by atoms with Crippen LogP contribution in [-0.4, -0.2) is 18.6 Å². The lowest BCUT2D eigenvalue weighted by Gasteiger charge is -2.10. The Kier molecular flexibility index (Phi) is 6.00. The summed E-state index contributed by atoms with van der Waals surface area (Å²) in [5, 5.41) is 1.35. The molecule has 0 spiro atoms. The van der Waals surface area contributed by atoms with Gasteiger partial charge in [0.2, 0.25) is 0 Å². The number of benzene rings is 2. The first-order chi connectivity index (χ1) is 12.7. The van der Waals surface area contributed by atoms with E-state index >= 15 is 0 Å². The minimum absolute atomic E-state index is 0.575. The fraction of sp³-hybridized carbons (Fsp3) is 0.391. The minimum Gasteiger partial charge on any atom is -0.497 e. The number of fused-ring (bicyclic) bond motifs is 1. The Bertz CT molecular complexity index is 866. The summed E-state index contributed by atoms with van der Waals surface area (Å²) in [6.45, 7) is 5.29. The molecule has 3 heteroatoms. The molecule has 0 saturated heterocycles. The van der Waals surface area contributed by atoms with Gasteiger partial charge in [0, 0.05) is 22.2 Å². The number of aryl methyl sites for hydroxylation is 1. The predicted octanol–water partition coefficient (Wildman–Crippen LogP) is 5.64. The molecule has 3 aromatic rings. The first-order valence-corrected chi connectivity index (χ1v) is 9.66. The van der Waals surface area contributed by atoms with E-state index in [0.717, 1.165) is 38.0 Å². The number of nitrogens with two attached hydrogens (primary N) is 1. The van der Waals surface area contributed by atoms with Crippen molar-refractivity contribution in [3.63, 3.8) is 0 Å². The normalized spacial score (nSPS) is 12.5. The molecular formula is C23H30N2O. The van der Waals surface area contributed by atoms with Crippen LogP contribution in [0.4, 0.5) is 0 Å². The fourth-order valence-corrected chi connectivity index (χ4v) is 3.54. The highest BCUT2D eigenvalue weighted by molar-refractivity contribution is 5.91. The van der Waals surface area contributed by atoms with Crippen molar-refractivity contribution in [1.82, 2.24) is 4.98 Å². The van der Waals surface area contributed by atoms with Gasteiger partial charge < -0.3 is 15.5 Å². The van der Waals surface area contributed by atoms with Gasteiger partial charge in [0.25, 0.3) is 0 Å². The summed E-state index contributed by atoms with van der Waals surface area (Å²) in [7, 11) is 1.71. The monoisotopic (exact) mass is 350 g/mol. The highest BCUT2D eigenvalue weighted by Crippen LogP contribution is 2.35. The smallest absolute Gasteiger partial charge is 0.119 e. The van der Waals surface area contributed by atoms with Crippen LogP contribution in [0.3, 0.4) is 0 Å². The van der Waals surface area contributed by atoms with Gasteiger partial charge in [-0.15, -0.1) is 0 Å². The zero-order valence-corrected chi connectivity index (χ0v) is 16.1. The van der Waals surface area contributed by atoms with Crippen molar-refractivity contribution in [2.24, 2.45) is 5.73 Å². The third-order valence-electron chi connectivity index (χ3n) is 5.35. The number of unbranched alkanes of at least 4 members (excludes halogenated alkanes) is 1. The molecule has 1 atom stereocenters. The molecule has 138 valence electrons. The summed E-state index contributed by atoms with van der Waals surface area (Å²) >= 11 is 0. The summed E-state index contributed by atoms with van der Waals surface area (Å²) in [6, 6.07) is 15.2. The zero-order chi connectivity index (χ0) is 18.5. The molecule has 26 heavy (non-hydrogen) atoms. The molecule has 3 N–H and O–H groups in total. The van der Waals surface area contributed by atoms with Gasteiger partial charge in [-0.1, -0.05) is 32.0 Å².